The first-order valence-electron chi connectivity index (χ1n) is 6.30. The van der Waals surface area contributed by atoms with Gasteiger partial charge in [0, 0.05) is 25.7 Å². The highest BCUT2D eigenvalue weighted by atomic mass is 16.5. The van der Waals surface area contributed by atoms with Gasteiger partial charge in [0.25, 0.3) is 0 Å². The highest BCUT2D eigenvalue weighted by Gasteiger charge is 2.41. The summed E-state index contributed by atoms with van der Waals surface area (Å²) in [5.74, 6) is 0.968. The molecule has 2 aliphatic heterocycles. The van der Waals surface area contributed by atoms with Gasteiger partial charge in [-0.15, -0.1) is 0 Å². The van der Waals surface area contributed by atoms with E-state index >= 15 is 0 Å². The standard InChI is InChI=1S/C12H20N2O2/c1-12(7-13-8-12)16-6-11(15)14-5-9-2-3-10(14)4-9/h9-10,13H,2-8H2,1H3. The predicted molar refractivity (Wildman–Crippen MR) is 60.1 cm³/mol. The molecule has 1 N–H and O–H groups in total. The van der Waals surface area contributed by atoms with Gasteiger partial charge < -0.3 is 15.0 Å². The second kappa shape index (κ2) is 3.70. The number of nitrogens with one attached hydrogen (secondary N) is 1. The van der Waals surface area contributed by atoms with Crippen molar-refractivity contribution in [1.29, 1.82) is 0 Å². The van der Waals surface area contributed by atoms with E-state index in [0.29, 0.717) is 6.04 Å². The summed E-state index contributed by atoms with van der Waals surface area (Å²) in [7, 11) is 0. The van der Waals surface area contributed by atoms with Gasteiger partial charge in [0.05, 0.1) is 5.60 Å². The Hall–Kier alpha value is -0.610. The zero-order valence-corrected chi connectivity index (χ0v) is 9.87. The van der Waals surface area contributed by atoms with E-state index in [-0.39, 0.29) is 18.1 Å². The fourth-order valence-electron chi connectivity index (χ4n) is 3.13. The fourth-order valence-corrected chi connectivity index (χ4v) is 3.13. The molecule has 2 heterocycles. The van der Waals surface area contributed by atoms with Crippen LogP contribution in [0.2, 0.25) is 0 Å². The van der Waals surface area contributed by atoms with Gasteiger partial charge in [-0.1, -0.05) is 0 Å². The number of hydrogen-bond donors (Lipinski definition) is 1. The smallest absolute Gasteiger partial charge is 0.248 e. The second-order valence-corrected chi connectivity index (χ2v) is 5.72. The van der Waals surface area contributed by atoms with Crippen LogP contribution < -0.4 is 5.32 Å². The predicted octanol–water partition coefficient (Wildman–Crippen LogP) is 0.376. The first-order chi connectivity index (χ1) is 7.66. The zero-order chi connectivity index (χ0) is 11.2. The summed E-state index contributed by atoms with van der Waals surface area (Å²) >= 11 is 0. The summed E-state index contributed by atoms with van der Waals surface area (Å²) in [6.07, 6.45) is 3.75. The molecule has 0 spiro atoms. The molecule has 4 heteroatoms. The SMILES string of the molecule is CC1(OCC(=O)N2CC3CCC2C3)CNC1. The van der Waals surface area contributed by atoms with Gasteiger partial charge in [-0.25, -0.2) is 0 Å². The van der Waals surface area contributed by atoms with Gasteiger partial charge >= 0.3 is 0 Å². The van der Waals surface area contributed by atoms with Crippen LogP contribution in [0.3, 0.4) is 0 Å². The lowest BCUT2D eigenvalue weighted by Crippen LogP contribution is -2.59. The summed E-state index contributed by atoms with van der Waals surface area (Å²) in [5.41, 5.74) is -0.103. The van der Waals surface area contributed by atoms with Gasteiger partial charge in [0.1, 0.15) is 6.61 Å². The van der Waals surface area contributed by atoms with Gasteiger partial charge in [0.15, 0.2) is 0 Å². The van der Waals surface area contributed by atoms with Crippen molar-refractivity contribution in [2.24, 2.45) is 5.92 Å². The minimum absolute atomic E-state index is 0.103. The summed E-state index contributed by atoms with van der Waals surface area (Å²) in [6.45, 7) is 5.04. The number of carbonyl (C=O) groups excluding carboxylic acids is 1. The van der Waals surface area contributed by atoms with E-state index in [0.717, 1.165) is 25.6 Å². The normalized spacial score (nSPS) is 35.2. The maximum absolute atomic E-state index is 12.0. The molecule has 0 aromatic carbocycles. The largest absolute Gasteiger partial charge is 0.363 e. The Labute approximate surface area is 96.3 Å². The van der Waals surface area contributed by atoms with Crippen LogP contribution in [0, 0.1) is 5.92 Å². The molecule has 90 valence electrons. The summed E-state index contributed by atoms with van der Waals surface area (Å²) < 4.78 is 5.69. The lowest BCUT2D eigenvalue weighted by molar-refractivity contribution is -0.147. The lowest BCUT2D eigenvalue weighted by atomic mass is 10.0. The number of carbonyl (C=O) groups is 1. The van der Waals surface area contributed by atoms with E-state index in [9.17, 15) is 4.79 Å². The third-order valence-electron chi connectivity index (χ3n) is 4.27. The first kappa shape index (κ1) is 10.5. The van der Waals surface area contributed by atoms with Crippen molar-refractivity contribution in [3.63, 3.8) is 0 Å². The second-order valence-electron chi connectivity index (χ2n) is 5.72. The molecule has 2 unspecified atom stereocenters. The van der Waals surface area contributed by atoms with Crippen LogP contribution in [0.25, 0.3) is 0 Å². The maximum atomic E-state index is 12.0. The molecule has 0 aromatic rings. The Bertz CT molecular complexity index is 301. The number of nitrogens with zero attached hydrogens (tertiary/aromatic N) is 1. The van der Waals surface area contributed by atoms with Crippen molar-refractivity contribution in [3.05, 3.63) is 0 Å². The molecule has 2 atom stereocenters. The van der Waals surface area contributed by atoms with Crippen LogP contribution in [0.4, 0.5) is 0 Å². The van der Waals surface area contributed by atoms with E-state index in [1.54, 1.807) is 0 Å². The minimum atomic E-state index is -0.103. The average Bonchev–Trinajstić information content (AvgIpc) is 2.84. The molecule has 2 bridgehead atoms. The van der Waals surface area contributed by atoms with Gasteiger partial charge in [-0.2, -0.15) is 0 Å². The molecule has 2 saturated heterocycles. The molecule has 0 radical (unpaired) electrons. The fraction of sp³-hybridized carbons (Fsp3) is 0.917. The number of ether oxygens (including phenoxy) is 1. The molecular formula is C12H20N2O2. The molecule has 4 nitrogen and oxygen atoms in total. The highest BCUT2D eigenvalue weighted by Crippen LogP contribution is 2.37. The van der Waals surface area contributed by atoms with Gasteiger partial charge in [-0.3, -0.25) is 4.79 Å². The van der Waals surface area contributed by atoms with Gasteiger partial charge in [0.2, 0.25) is 5.91 Å². The lowest BCUT2D eigenvalue weighted by Gasteiger charge is -2.39. The van der Waals surface area contributed by atoms with Crippen LogP contribution in [-0.2, 0) is 9.53 Å². The van der Waals surface area contributed by atoms with Crippen molar-refractivity contribution in [2.75, 3.05) is 26.2 Å². The Kier molecular flexibility index (Phi) is 2.44. The number of hydrogen-bond acceptors (Lipinski definition) is 3. The Morgan fingerprint density at radius 2 is 2.31 bits per heavy atom. The molecule has 3 aliphatic rings. The van der Waals surface area contributed by atoms with Crippen molar-refractivity contribution < 1.29 is 9.53 Å². The molecular weight excluding hydrogens is 204 g/mol. The minimum Gasteiger partial charge on any atom is -0.363 e. The number of likely N-dealkylation sites (tertiary alicyclic amines) is 1. The van der Waals surface area contributed by atoms with Crippen LogP contribution in [-0.4, -0.2) is 48.7 Å². The molecule has 1 amide bonds. The summed E-state index contributed by atoms with van der Waals surface area (Å²) in [6, 6.07) is 0.522. The molecule has 1 saturated carbocycles. The maximum Gasteiger partial charge on any atom is 0.248 e. The average molecular weight is 224 g/mol. The zero-order valence-electron chi connectivity index (χ0n) is 9.87. The number of piperidine rings is 1. The Morgan fingerprint density at radius 1 is 1.50 bits per heavy atom. The van der Waals surface area contributed by atoms with Crippen molar-refractivity contribution in [3.8, 4) is 0 Å². The monoisotopic (exact) mass is 224 g/mol. The van der Waals surface area contributed by atoms with E-state index in [1.807, 2.05) is 4.90 Å². The molecule has 16 heavy (non-hydrogen) atoms. The van der Waals surface area contributed by atoms with Crippen LogP contribution in [0.5, 0.6) is 0 Å². The van der Waals surface area contributed by atoms with Crippen molar-refractivity contribution >= 4 is 5.91 Å². The molecule has 3 fully saturated rings. The molecule has 3 rings (SSSR count). The topological polar surface area (TPSA) is 41.6 Å². The number of rotatable bonds is 3. The van der Waals surface area contributed by atoms with E-state index < -0.39 is 0 Å². The molecule has 1 aliphatic carbocycles. The van der Waals surface area contributed by atoms with E-state index in [2.05, 4.69) is 12.2 Å². The Balaban J connectivity index is 1.50. The number of fused-ring (bicyclic) bond motifs is 2. The quantitative estimate of drug-likeness (QED) is 0.753. The first-order valence-corrected chi connectivity index (χ1v) is 6.30. The van der Waals surface area contributed by atoms with Crippen LogP contribution in [0.1, 0.15) is 26.2 Å². The van der Waals surface area contributed by atoms with Gasteiger partial charge in [-0.05, 0) is 32.1 Å². The third kappa shape index (κ3) is 1.74. The van der Waals surface area contributed by atoms with E-state index in [4.69, 9.17) is 4.74 Å². The summed E-state index contributed by atoms with van der Waals surface area (Å²) in [5, 5.41) is 3.17. The van der Waals surface area contributed by atoms with Crippen LogP contribution in [0.15, 0.2) is 0 Å². The van der Waals surface area contributed by atoms with E-state index in [1.165, 1.54) is 19.3 Å². The molecule has 0 aromatic heterocycles. The third-order valence-corrected chi connectivity index (χ3v) is 4.27. The highest BCUT2D eigenvalue weighted by molar-refractivity contribution is 5.78. The van der Waals surface area contributed by atoms with Crippen molar-refractivity contribution in [2.45, 2.75) is 37.8 Å². The Morgan fingerprint density at radius 3 is 2.81 bits per heavy atom. The van der Waals surface area contributed by atoms with Crippen LogP contribution >= 0.6 is 0 Å². The summed E-state index contributed by atoms with van der Waals surface area (Å²) in [4.78, 5) is 14.0. The van der Waals surface area contributed by atoms with Crippen molar-refractivity contribution in [1.82, 2.24) is 10.2 Å². The number of amides is 1.